The van der Waals surface area contributed by atoms with E-state index in [0.29, 0.717) is 22.0 Å². The topological polar surface area (TPSA) is 67.4 Å². The van der Waals surface area contributed by atoms with E-state index in [1.807, 2.05) is 0 Å². The molecule has 0 aliphatic carbocycles. The number of hydrogen-bond donors (Lipinski definition) is 2. The van der Waals surface area contributed by atoms with Gasteiger partial charge in [-0.25, -0.2) is 0 Å². The molecule has 1 aromatic rings. The van der Waals surface area contributed by atoms with Gasteiger partial charge < -0.3 is 15.4 Å². The summed E-state index contributed by atoms with van der Waals surface area (Å²) in [5.41, 5.74) is 1.06. The molecule has 1 aromatic carbocycles. The summed E-state index contributed by atoms with van der Waals surface area (Å²) in [7, 11) is 1.50. The SMILES string of the molecule is COc1ccc(Cl)c2c1NC(=O)[C@H]2NC(C)=O. The summed E-state index contributed by atoms with van der Waals surface area (Å²) in [6.45, 7) is 1.35. The molecule has 5 nitrogen and oxygen atoms in total. The van der Waals surface area contributed by atoms with E-state index in [1.165, 1.54) is 14.0 Å². The van der Waals surface area contributed by atoms with Crippen LogP contribution in [-0.4, -0.2) is 18.9 Å². The van der Waals surface area contributed by atoms with Crippen LogP contribution >= 0.6 is 11.6 Å². The molecule has 0 radical (unpaired) electrons. The van der Waals surface area contributed by atoms with Crippen molar-refractivity contribution in [1.29, 1.82) is 0 Å². The Labute approximate surface area is 103 Å². The highest BCUT2D eigenvalue weighted by Gasteiger charge is 2.35. The number of fused-ring (bicyclic) bond motifs is 1. The van der Waals surface area contributed by atoms with Gasteiger partial charge in [-0.1, -0.05) is 11.6 Å². The molecule has 0 saturated heterocycles. The molecule has 0 fully saturated rings. The van der Waals surface area contributed by atoms with Crippen LogP contribution in [0.4, 0.5) is 5.69 Å². The van der Waals surface area contributed by atoms with E-state index in [-0.39, 0.29) is 11.8 Å². The van der Waals surface area contributed by atoms with E-state index in [9.17, 15) is 9.59 Å². The number of anilines is 1. The minimum atomic E-state index is -0.759. The molecular formula is C11H11ClN2O3. The van der Waals surface area contributed by atoms with E-state index < -0.39 is 6.04 Å². The lowest BCUT2D eigenvalue weighted by Gasteiger charge is -2.12. The van der Waals surface area contributed by atoms with Crippen LogP contribution in [-0.2, 0) is 9.59 Å². The number of methoxy groups -OCH3 is 1. The monoisotopic (exact) mass is 254 g/mol. The quantitative estimate of drug-likeness (QED) is 0.840. The van der Waals surface area contributed by atoms with Crippen molar-refractivity contribution in [3.8, 4) is 5.75 Å². The van der Waals surface area contributed by atoms with Crippen molar-refractivity contribution in [2.24, 2.45) is 0 Å². The van der Waals surface area contributed by atoms with Crippen LogP contribution in [0.15, 0.2) is 12.1 Å². The van der Waals surface area contributed by atoms with Crippen LogP contribution in [0, 0.1) is 0 Å². The molecule has 6 heteroatoms. The fourth-order valence-electron chi connectivity index (χ4n) is 1.82. The van der Waals surface area contributed by atoms with E-state index in [1.54, 1.807) is 12.1 Å². The Morgan fingerprint density at radius 2 is 2.24 bits per heavy atom. The number of amides is 2. The van der Waals surface area contributed by atoms with Gasteiger partial charge in [0.2, 0.25) is 5.91 Å². The van der Waals surface area contributed by atoms with Gasteiger partial charge in [0.15, 0.2) is 0 Å². The lowest BCUT2D eigenvalue weighted by Crippen LogP contribution is -2.31. The van der Waals surface area contributed by atoms with Gasteiger partial charge in [0, 0.05) is 17.5 Å². The lowest BCUT2D eigenvalue weighted by atomic mass is 10.1. The predicted octanol–water partition coefficient (Wildman–Crippen LogP) is 1.48. The molecule has 1 heterocycles. The van der Waals surface area contributed by atoms with Gasteiger partial charge in [-0.15, -0.1) is 0 Å². The molecular weight excluding hydrogens is 244 g/mol. The van der Waals surface area contributed by atoms with Crippen LogP contribution in [0.5, 0.6) is 5.75 Å². The summed E-state index contributed by atoms with van der Waals surface area (Å²) in [4.78, 5) is 22.8. The molecule has 0 saturated carbocycles. The number of nitrogens with one attached hydrogen (secondary N) is 2. The first-order valence-electron chi connectivity index (χ1n) is 4.99. The second kappa shape index (κ2) is 4.25. The molecule has 0 bridgehead atoms. The molecule has 1 aliphatic heterocycles. The fraction of sp³-hybridized carbons (Fsp3) is 0.273. The van der Waals surface area contributed by atoms with Gasteiger partial charge in [0.05, 0.1) is 12.8 Å². The van der Waals surface area contributed by atoms with Crippen LogP contribution in [0.2, 0.25) is 5.02 Å². The first-order valence-corrected chi connectivity index (χ1v) is 5.36. The number of hydrogen-bond acceptors (Lipinski definition) is 3. The van der Waals surface area contributed by atoms with E-state index in [4.69, 9.17) is 16.3 Å². The number of ether oxygens (including phenoxy) is 1. The van der Waals surface area contributed by atoms with Gasteiger partial charge in [-0.2, -0.15) is 0 Å². The molecule has 2 amide bonds. The lowest BCUT2D eigenvalue weighted by molar-refractivity contribution is -0.124. The normalized spacial score (nSPS) is 17.4. The molecule has 90 valence electrons. The molecule has 0 spiro atoms. The van der Waals surface area contributed by atoms with Gasteiger partial charge in [-0.05, 0) is 12.1 Å². The Morgan fingerprint density at radius 3 is 2.82 bits per heavy atom. The Balaban J connectivity index is 2.51. The highest BCUT2D eigenvalue weighted by atomic mass is 35.5. The van der Waals surface area contributed by atoms with Crippen molar-refractivity contribution >= 4 is 29.1 Å². The number of halogens is 1. The van der Waals surface area contributed by atoms with Crippen molar-refractivity contribution in [3.05, 3.63) is 22.7 Å². The van der Waals surface area contributed by atoms with Gasteiger partial charge in [-0.3, -0.25) is 9.59 Å². The van der Waals surface area contributed by atoms with Gasteiger partial charge in [0.25, 0.3) is 5.91 Å². The zero-order valence-corrected chi connectivity index (χ0v) is 10.1. The summed E-state index contributed by atoms with van der Waals surface area (Å²) < 4.78 is 5.13. The Morgan fingerprint density at radius 1 is 1.53 bits per heavy atom. The highest BCUT2D eigenvalue weighted by Crippen LogP contribution is 2.42. The maximum atomic E-state index is 11.7. The third-order valence-electron chi connectivity index (χ3n) is 2.52. The largest absolute Gasteiger partial charge is 0.495 e. The Hall–Kier alpha value is -1.75. The van der Waals surface area contributed by atoms with Crippen LogP contribution < -0.4 is 15.4 Å². The molecule has 1 atom stereocenters. The minimum Gasteiger partial charge on any atom is -0.495 e. The van der Waals surface area contributed by atoms with Gasteiger partial charge >= 0.3 is 0 Å². The molecule has 2 rings (SSSR count). The molecule has 1 aliphatic rings. The predicted molar refractivity (Wildman–Crippen MR) is 63.2 cm³/mol. The van der Waals surface area contributed by atoms with Crippen LogP contribution in [0.1, 0.15) is 18.5 Å². The van der Waals surface area contributed by atoms with Crippen LogP contribution in [0.3, 0.4) is 0 Å². The molecule has 2 N–H and O–H groups in total. The summed E-state index contributed by atoms with van der Waals surface area (Å²) in [5.74, 6) is -0.0934. The average Bonchev–Trinajstić information content (AvgIpc) is 2.57. The zero-order chi connectivity index (χ0) is 12.6. The number of carbonyl (C=O) groups is 2. The smallest absolute Gasteiger partial charge is 0.251 e. The van der Waals surface area contributed by atoms with Crippen molar-refractivity contribution in [3.63, 3.8) is 0 Å². The average molecular weight is 255 g/mol. The Kier molecular flexibility index (Phi) is 2.93. The molecule has 17 heavy (non-hydrogen) atoms. The summed E-state index contributed by atoms with van der Waals surface area (Å²) >= 11 is 6.04. The van der Waals surface area contributed by atoms with E-state index in [2.05, 4.69) is 10.6 Å². The zero-order valence-electron chi connectivity index (χ0n) is 9.33. The molecule has 0 aromatic heterocycles. The van der Waals surface area contributed by atoms with E-state index >= 15 is 0 Å². The first-order chi connectivity index (χ1) is 8.04. The maximum Gasteiger partial charge on any atom is 0.251 e. The van der Waals surface area contributed by atoms with Crippen molar-refractivity contribution in [2.75, 3.05) is 12.4 Å². The minimum absolute atomic E-state index is 0.295. The number of benzene rings is 1. The van der Waals surface area contributed by atoms with Crippen LogP contribution in [0.25, 0.3) is 0 Å². The van der Waals surface area contributed by atoms with Crippen molar-refractivity contribution in [2.45, 2.75) is 13.0 Å². The second-order valence-corrected chi connectivity index (χ2v) is 4.07. The highest BCUT2D eigenvalue weighted by molar-refractivity contribution is 6.33. The third-order valence-corrected chi connectivity index (χ3v) is 2.85. The number of rotatable bonds is 2. The van der Waals surface area contributed by atoms with E-state index in [0.717, 1.165) is 0 Å². The maximum absolute atomic E-state index is 11.7. The van der Waals surface area contributed by atoms with Crippen molar-refractivity contribution < 1.29 is 14.3 Å². The summed E-state index contributed by atoms with van der Waals surface area (Å²) in [5, 5.41) is 5.61. The fourth-order valence-corrected chi connectivity index (χ4v) is 2.09. The van der Waals surface area contributed by atoms with Gasteiger partial charge in [0.1, 0.15) is 11.8 Å². The third kappa shape index (κ3) is 1.93. The Bertz CT molecular complexity index is 502. The second-order valence-electron chi connectivity index (χ2n) is 3.66. The first kappa shape index (κ1) is 11.7. The molecule has 0 unspecified atom stereocenters. The summed E-state index contributed by atoms with van der Waals surface area (Å²) in [6.07, 6.45) is 0. The number of carbonyl (C=O) groups excluding carboxylic acids is 2. The standard InChI is InChI=1S/C11H11ClN2O3/c1-5(15)13-10-8-6(12)3-4-7(17-2)9(8)14-11(10)16/h3-4,10H,1-2H3,(H,13,15)(H,14,16)/t10-/m0/s1. The summed E-state index contributed by atoms with van der Waals surface area (Å²) in [6, 6.07) is 2.54. The van der Waals surface area contributed by atoms with Crippen molar-refractivity contribution in [1.82, 2.24) is 5.32 Å².